The van der Waals surface area contributed by atoms with Gasteiger partial charge in [-0.05, 0) is 41.3 Å². The van der Waals surface area contributed by atoms with E-state index in [4.69, 9.17) is 16.3 Å². The predicted molar refractivity (Wildman–Crippen MR) is 85.2 cm³/mol. The van der Waals surface area contributed by atoms with Crippen molar-refractivity contribution >= 4 is 37.4 Å². The molecule has 0 spiro atoms. The molecule has 2 unspecified atom stereocenters. The molecule has 1 aromatic rings. The Kier molecular flexibility index (Phi) is 5.37. The molecule has 0 radical (unpaired) electrons. The lowest BCUT2D eigenvalue weighted by Gasteiger charge is -2.29. The molecule has 112 valence electrons. The van der Waals surface area contributed by atoms with Gasteiger partial charge in [0, 0.05) is 18.2 Å². The first kappa shape index (κ1) is 16.1. The Morgan fingerprint density at radius 3 is 2.80 bits per heavy atom. The normalized spacial score (nSPS) is 23.6. The third kappa shape index (κ3) is 3.89. The molecule has 1 saturated carbocycles. The number of sulfone groups is 1. The van der Waals surface area contributed by atoms with Gasteiger partial charge in [-0.1, -0.05) is 12.1 Å². The largest absolute Gasteiger partial charge is 0.489 e. The summed E-state index contributed by atoms with van der Waals surface area (Å²) in [4.78, 5) is 0. The van der Waals surface area contributed by atoms with E-state index in [2.05, 4.69) is 15.9 Å². The zero-order chi connectivity index (χ0) is 14.8. The maximum atomic E-state index is 11.7. The highest BCUT2D eigenvalue weighted by molar-refractivity contribution is 9.10. The summed E-state index contributed by atoms with van der Waals surface area (Å²) < 4.78 is 30.3. The molecule has 3 nitrogen and oxygen atoms in total. The smallest absolute Gasteiger partial charge is 0.150 e. The van der Waals surface area contributed by atoms with Gasteiger partial charge in [-0.15, -0.1) is 11.6 Å². The van der Waals surface area contributed by atoms with Gasteiger partial charge in [0.05, 0.1) is 15.6 Å². The fourth-order valence-corrected chi connectivity index (χ4v) is 4.43. The summed E-state index contributed by atoms with van der Waals surface area (Å²) in [5.41, 5.74) is 0.919. The van der Waals surface area contributed by atoms with Gasteiger partial charge < -0.3 is 4.74 Å². The van der Waals surface area contributed by atoms with Gasteiger partial charge in [0.25, 0.3) is 0 Å². The highest BCUT2D eigenvalue weighted by Gasteiger charge is 2.30. The lowest BCUT2D eigenvalue weighted by Crippen LogP contribution is -2.33. The van der Waals surface area contributed by atoms with E-state index >= 15 is 0 Å². The van der Waals surface area contributed by atoms with E-state index in [-0.39, 0.29) is 11.4 Å². The standard InChI is InChI=1S/C14H18BrClO3S/c1-20(17,18)12-6-3-5-11(8-12)19-14-10(9-16)4-2-7-13(14)15/h2,4,7,11-12H,3,5-6,8-9H2,1H3. The second-order valence-corrected chi connectivity index (χ2v) is 8.67. The van der Waals surface area contributed by atoms with E-state index in [1.165, 1.54) is 6.26 Å². The average Bonchev–Trinajstić information content (AvgIpc) is 2.40. The summed E-state index contributed by atoms with van der Waals surface area (Å²) in [5, 5.41) is -0.289. The first-order valence-electron chi connectivity index (χ1n) is 6.60. The number of benzene rings is 1. The van der Waals surface area contributed by atoms with Gasteiger partial charge >= 0.3 is 0 Å². The van der Waals surface area contributed by atoms with Crippen LogP contribution in [0.25, 0.3) is 0 Å². The number of rotatable bonds is 4. The Morgan fingerprint density at radius 1 is 1.40 bits per heavy atom. The average molecular weight is 382 g/mol. The summed E-state index contributed by atoms with van der Waals surface area (Å²) in [6.45, 7) is 0. The second-order valence-electron chi connectivity index (χ2n) is 5.22. The number of hydrogen-bond donors (Lipinski definition) is 0. The molecule has 0 bridgehead atoms. The zero-order valence-corrected chi connectivity index (χ0v) is 14.5. The van der Waals surface area contributed by atoms with Gasteiger partial charge in [-0.2, -0.15) is 0 Å². The van der Waals surface area contributed by atoms with E-state index in [0.29, 0.717) is 12.3 Å². The molecule has 0 aromatic heterocycles. The molecule has 6 heteroatoms. The molecule has 1 aliphatic carbocycles. The Morgan fingerprint density at radius 2 is 2.15 bits per heavy atom. The Bertz CT molecular complexity index is 574. The third-order valence-electron chi connectivity index (χ3n) is 3.66. The van der Waals surface area contributed by atoms with E-state index in [9.17, 15) is 8.42 Å². The monoisotopic (exact) mass is 380 g/mol. The molecule has 0 aliphatic heterocycles. The SMILES string of the molecule is CS(=O)(=O)C1CCCC(Oc2c(Br)cccc2CCl)C1. The van der Waals surface area contributed by atoms with Crippen LogP contribution >= 0.6 is 27.5 Å². The van der Waals surface area contributed by atoms with Crippen LogP contribution in [0.5, 0.6) is 5.75 Å². The number of para-hydroxylation sites is 1. The fourth-order valence-electron chi connectivity index (χ4n) is 2.56. The highest BCUT2D eigenvalue weighted by atomic mass is 79.9. The van der Waals surface area contributed by atoms with Crippen molar-refractivity contribution in [1.82, 2.24) is 0 Å². The van der Waals surface area contributed by atoms with E-state index in [0.717, 1.165) is 35.0 Å². The van der Waals surface area contributed by atoms with E-state index in [1.807, 2.05) is 18.2 Å². The molecule has 0 amide bonds. The molecule has 2 atom stereocenters. The van der Waals surface area contributed by atoms with Crippen LogP contribution in [0.1, 0.15) is 31.2 Å². The van der Waals surface area contributed by atoms with Crippen molar-refractivity contribution < 1.29 is 13.2 Å². The van der Waals surface area contributed by atoms with Crippen molar-refractivity contribution in [1.29, 1.82) is 0 Å². The van der Waals surface area contributed by atoms with Gasteiger partial charge in [0.1, 0.15) is 21.7 Å². The van der Waals surface area contributed by atoms with Crippen molar-refractivity contribution in [2.75, 3.05) is 6.26 Å². The van der Waals surface area contributed by atoms with Crippen molar-refractivity contribution in [3.63, 3.8) is 0 Å². The second kappa shape index (κ2) is 6.67. The van der Waals surface area contributed by atoms with Crippen LogP contribution in [0.15, 0.2) is 22.7 Å². The Balaban J connectivity index is 2.14. The van der Waals surface area contributed by atoms with Crippen LogP contribution in [0.2, 0.25) is 0 Å². The van der Waals surface area contributed by atoms with Crippen LogP contribution in [0, 0.1) is 0 Å². The number of halogens is 2. The molecule has 1 aromatic carbocycles. The van der Waals surface area contributed by atoms with E-state index in [1.54, 1.807) is 0 Å². The Labute approximate surface area is 133 Å². The maximum Gasteiger partial charge on any atom is 0.150 e. The summed E-state index contributed by atoms with van der Waals surface area (Å²) >= 11 is 9.39. The Hall–Kier alpha value is -0.260. The zero-order valence-electron chi connectivity index (χ0n) is 11.3. The first-order valence-corrected chi connectivity index (χ1v) is 9.89. The molecule has 1 aliphatic rings. The molecular formula is C14H18BrClO3S. The number of alkyl halides is 1. The summed E-state index contributed by atoms with van der Waals surface area (Å²) in [6, 6.07) is 5.74. The highest BCUT2D eigenvalue weighted by Crippen LogP contribution is 2.34. The van der Waals surface area contributed by atoms with Crippen LogP contribution in [-0.4, -0.2) is 26.0 Å². The van der Waals surface area contributed by atoms with Crippen LogP contribution in [-0.2, 0) is 15.7 Å². The topological polar surface area (TPSA) is 43.4 Å². The quantitative estimate of drug-likeness (QED) is 0.742. The molecule has 0 heterocycles. The summed E-state index contributed by atoms with van der Waals surface area (Å²) in [7, 11) is -2.99. The number of ether oxygens (including phenoxy) is 1. The third-order valence-corrected chi connectivity index (χ3v) is 6.21. The van der Waals surface area contributed by atoms with Crippen LogP contribution in [0.3, 0.4) is 0 Å². The van der Waals surface area contributed by atoms with Gasteiger partial charge in [0.15, 0.2) is 0 Å². The lowest BCUT2D eigenvalue weighted by molar-refractivity contribution is 0.154. The van der Waals surface area contributed by atoms with Gasteiger partial charge in [-0.3, -0.25) is 0 Å². The van der Waals surface area contributed by atoms with Gasteiger partial charge in [0.2, 0.25) is 0 Å². The fraction of sp³-hybridized carbons (Fsp3) is 0.571. The molecule has 1 fully saturated rings. The van der Waals surface area contributed by atoms with Crippen molar-refractivity contribution in [2.24, 2.45) is 0 Å². The lowest BCUT2D eigenvalue weighted by atomic mass is 9.97. The summed E-state index contributed by atoms with van der Waals surface area (Å²) in [6.07, 6.45) is 4.30. The molecule has 0 saturated heterocycles. The maximum absolute atomic E-state index is 11.7. The van der Waals surface area contributed by atoms with Crippen LogP contribution in [0.4, 0.5) is 0 Å². The predicted octanol–water partition coefficient (Wildman–Crippen LogP) is 3.92. The first-order chi connectivity index (χ1) is 9.41. The van der Waals surface area contributed by atoms with Crippen molar-refractivity contribution in [2.45, 2.75) is 42.9 Å². The van der Waals surface area contributed by atoms with E-state index < -0.39 is 9.84 Å². The van der Waals surface area contributed by atoms with Crippen molar-refractivity contribution in [3.8, 4) is 5.75 Å². The van der Waals surface area contributed by atoms with Crippen molar-refractivity contribution in [3.05, 3.63) is 28.2 Å². The minimum Gasteiger partial charge on any atom is -0.489 e. The summed E-state index contributed by atoms with van der Waals surface area (Å²) in [5.74, 6) is 1.11. The molecule has 0 N–H and O–H groups in total. The molecule has 2 rings (SSSR count). The number of hydrogen-bond acceptors (Lipinski definition) is 3. The van der Waals surface area contributed by atoms with Crippen LogP contribution < -0.4 is 4.74 Å². The molecular weight excluding hydrogens is 364 g/mol. The minimum absolute atomic E-state index is 0.0656. The minimum atomic E-state index is -2.99. The van der Waals surface area contributed by atoms with Gasteiger partial charge in [-0.25, -0.2) is 8.42 Å². The molecule has 20 heavy (non-hydrogen) atoms.